The zero-order chi connectivity index (χ0) is 13.7. The summed E-state index contributed by atoms with van der Waals surface area (Å²) in [7, 11) is 1.75. The van der Waals surface area contributed by atoms with Crippen LogP contribution in [-0.4, -0.2) is 24.9 Å². The summed E-state index contributed by atoms with van der Waals surface area (Å²) >= 11 is 0. The van der Waals surface area contributed by atoms with E-state index in [0.29, 0.717) is 10.8 Å². The van der Waals surface area contributed by atoms with Crippen molar-refractivity contribution in [3.63, 3.8) is 0 Å². The lowest BCUT2D eigenvalue weighted by Gasteiger charge is -2.66. The molecule has 1 N–H and O–H groups in total. The largest absolute Gasteiger partial charge is 0.393 e. The second-order valence-corrected chi connectivity index (χ2v) is 8.64. The fourth-order valence-electron chi connectivity index (χ4n) is 6.63. The maximum absolute atomic E-state index is 10.8. The molecule has 0 radical (unpaired) electrons. The van der Waals surface area contributed by atoms with Crippen LogP contribution in [0.2, 0.25) is 0 Å². The summed E-state index contributed by atoms with van der Waals surface area (Å²) in [5.74, 6) is 0.878. The molecule has 0 amide bonds. The van der Waals surface area contributed by atoms with E-state index in [1.807, 2.05) is 0 Å². The van der Waals surface area contributed by atoms with Crippen LogP contribution in [-0.2, 0) is 4.74 Å². The first-order valence-electron chi connectivity index (χ1n) is 8.06. The molecule has 4 fully saturated rings. The molecule has 4 aliphatic rings. The number of aliphatic hydroxyl groups excluding tert-OH is 1. The topological polar surface area (TPSA) is 29.5 Å². The number of ether oxygens (including phenoxy) is 1. The van der Waals surface area contributed by atoms with Crippen LogP contribution in [0, 0.1) is 22.2 Å². The maximum Gasteiger partial charge on any atom is 0.0597 e. The predicted octanol–water partition coefficient (Wildman–Crippen LogP) is 3.77. The molecule has 4 aliphatic carbocycles. The van der Waals surface area contributed by atoms with Crippen LogP contribution in [0.5, 0.6) is 0 Å². The van der Waals surface area contributed by atoms with Crippen LogP contribution in [0.1, 0.15) is 65.2 Å². The molecular weight excluding hydrogens is 236 g/mol. The van der Waals surface area contributed by atoms with E-state index in [9.17, 15) is 5.11 Å². The number of methoxy groups -OCH3 is 1. The lowest BCUT2D eigenvalue weighted by molar-refractivity contribution is -0.187. The Hall–Kier alpha value is -0.0800. The first-order chi connectivity index (χ1) is 8.89. The fraction of sp³-hybridized carbons (Fsp3) is 1.00. The van der Waals surface area contributed by atoms with E-state index < -0.39 is 0 Å². The highest BCUT2D eigenvalue weighted by molar-refractivity contribution is 5.12. The molecule has 2 heteroatoms. The minimum atomic E-state index is -0.107. The van der Waals surface area contributed by atoms with Gasteiger partial charge in [0.2, 0.25) is 0 Å². The van der Waals surface area contributed by atoms with Gasteiger partial charge in [0, 0.05) is 13.7 Å². The third kappa shape index (κ3) is 2.35. The van der Waals surface area contributed by atoms with Crippen molar-refractivity contribution in [2.75, 3.05) is 13.7 Å². The van der Waals surface area contributed by atoms with Crippen molar-refractivity contribution in [1.29, 1.82) is 0 Å². The van der Waals surface area contributed by atoms with Crippen molar-refractivity contribution < 1.29 is 9.84 Å². The quantitative estimate of drug-likeness (QED) is 0.768. The van der Waals surface area contributed by atoms with E-state index in [2.05, 4.69) is 13.8 Å². The Kier molecular flexibility index (Phi) is 3.26. The molecule has 0 aromatic rings. The molecule has 4 saturated carbocycles. The highest BCUT2D eigenvalue weighted by atomic mass is 16.5. The summed E-state index contributed by atoms with van der Waals surface area (Å²) in [4.78, 5) is 0. The van der Waals surface area contributed by atoms with Crippen LogP contribution in [0.3, 0.4) is 0 Å². The molecule has 110 valence electrons. The fourth-order valence-corrected chi connectivity index (χ4v) is 6.63. The van der Waals surface area contributed by atoms with Crippen LogP contribution in [0.4, 0.5) is 0 Å². The van der Waals surface area contributed by atoms with E-state index >= 15 is 0 Å². The third-order valence-corrected chi connectivity index (χ3v) is 6.20. The molecule has 4 bridgehead atoms. The monoisotopic (exact) mass is 266 g/mol. The molecule has 2 nitrogen and oxygen atoms in total. The average Bonchev–Trinajstić information content (AvgIpc) is 2.24. The lowest BCUT2D eigenvalue weighted by atomic mass is 9.39. The smallest absolute Gasteiger partial charge is 0.0597 e. The second kappa shape index (κ2) is 4.46. The highest BCUT2D eigenvalue weighted by Crippen LogP contribution is 2.70. The number of hydrogen-bond donors (Lipinski definition) is 1. The van der Waals surface area contributed by atoms with E-state index in [1.165, 1.54) is 38.5 Å². The van der Waals surface area contributed by atoms with Crippen LogP contribution < -0.4 is 0 Å². The third-order valence-electron chi connectivity index (χ3n) is 6.20. The van der Waals surface area contributed by atoms with E-state index in [4.69, 9.17) is 4.74 Å². The van der Waals surface area contributed by atoms with Crippen LogP contribution in [0.25, 0.3) is 0 Å². The van der Waals surface area contributed by atoms with Gasteiger partial charge in [0.25, 0.3) is 0 Å². The average molecular weight is 266 g/mol. The van der Waals surface area contributed by atoms with Crippen molar-refractivity contribution in [2.45, 2.75) is 71.3 Å². The van der Waals surface area contributed by atoms with Gasteiger partial charge in [0.05, 0.1) is 6.10 Å². The van der Waals surface area contributed by atoms with E-state index in [-0.39, 0.29) is 11.5 Å². The molecular formula is C17H30O2. The Morgan fingerprint density at radius 2 is 1.74 bits per heavy atom. The van der Waals surface area contributed by atoms with Gasteiger partial charge < -0.3 is 9.84 Å². The molecule has 0 aliphatic heterocycles. The molecule has 0 heterocycles. The van der Waals surface area contributed by atoms with Gasteiger partial charge in [0.1, 0.15) is 0 Å². The zero-order valence-corrected chi connectivity index (χ0v) is 12.9. The molecule has 0 aromatic carbocycles. The number of aliphatic hydroxyl groups is 1. The number of rotatable bonds is 5. The van der Waals surface area contributed by atoms with Crippen LogP contribution in [0.15, 0.2) is 0 Å². The Bertz CT molecular complexity index is 333. The summed E-state index contributed by atoms with van der Waals surface area (Å²) < 4.78 is 5.14. The van der Waals surface area contributed by atoms with Crippen molar-refractivity contribution >= 4 is 0 Å². The molecule has 19 heavy (non-hydrogen) atoms. The summed E-state index contributed by atoms with van der Waals surface area (Å²) in [6.45, 7) is 5.74. The minimum absolute atomic E-state index is 0.107. The summed E-state index contributed by atoms with van der Waals surface area (Å²) in [5, 5.41) is 10.8. The van der Waals surface area contributed by atoms with Gasteiger partial charge >= 0.3 is 0 Å². The summed E-state index contributed by atoms with van der Waals surface area (Å²) in [6.07, 6.45) is 9.84. The van der Waals surface area contributed by atoms with Gasteiger partial charge in [-0.1, -0.05) is 13.8 Å². The first-order valence-corrected chi connectivity index (χ1v) is 8.06. The van der Waals surface area contributed by atoms with Gasteiger partial charge in [-0.05, 0) is 73.5 Å². The summed E-state index contributed by atoms with van der Waals surface area (Å²) in [5.41, 5.74) is 1.25. The van der Waals surface area contributed by atoms with E-state index in [1.54, 1.807) is 7.11 Å². The van der Waals surface area contributed by atoms with Crippen molar-refractivity contribution in [3.8, 4) is 0 Å². The lowest BCUT2D eigenvalue weighted by Crippen LogP contribution is -2.58. The highest BCUT2D eigenvalue weighted by Gasteiger charge is 2.61. The molecule has 0 saturated heterocycles. The Morgan fingerprint density at radius 1 is 1.11 bits per heavy atom. The van der Waals surface area contributed by atoms with Gasteiger partial charge in [-0.25, -0.2) is 0 Å². The Balaban J connectivity index is 1.76. The van der Waals surface area contributed by atoms with Gasteiger partial charge in [-0.2, -0.15) is 0 Å². The molecule has 4 rings (SSSR count). The molecule has 3 atom stereocenters. The number of hydrogen-bond acceptors (Lipinski definition) is 2. The maximum atomic E-state index is 10.8. The SMILES string of the molecule is COCCCC(O)C12CC3CC(C)(CC(C)(C3)C1)C2. The standard InChI is InChI=1S/C17H30O2/c1-15-7-13-8-16(2,10-15)12-17(9-13,11-15)14(18)5-4-6-19-3/h13-14,18H,4-12H2,1-3H3. The van der Waals surface area contributed by atoms with Crippen molar-refractivity contribution in [2.24, 2.45) is 22.2 Å². The van der Waals surface area contributed by atoms with Crippen LogP contribution >= 0.6 is 0 Å². The Labute approximate surface area is 117 Å². The molecule has 0 aromatic heterocycles. The summed E-state index contributed by atoms with van der Waals surface area (Å²) in [6, 6.07) is 0. The van der Waals surface area contributed by atoms with Gasteiger partial charge in [-0.3, -0.25) is 0 Å². The first kappa shape index (κ1) is 13.9. The van der Waals surface area contributed by atoms with Crippen molar-refractivity contribution in [1.82, 2.24) is 0 Å². The zero-order valence-electron chi connectivity index (χ0n) is 12.9. The Morgan fingerprint density at radius 3 is 2.26 bits per heavy atom. The van der Waals surface area contributed by atoms with Gasteiger partial charge in [-0.15, -0.1) is 0 Å². The van der Waals surface area contributed by atoms with E-state index in [0.717, 1.165) is 25.4 Å². The normalized spacial score (nSPS) is 49.6. The molecule has 0 spiro atoms. The van der Waals surface area contributed by atoms with Crippen molar-refractivity contribution in [3.05, 3.63) is 0 Å². The minimum Gasteiger partial charge on any atom is -0.393 e. The predicted molar refractivity (Wildman–Crippen MR) is 77.0 cm³/mol. The molecule has 3 unspecified atom stereocenters. The second-order valence-electron chi connectivity index (χ2n) is 8.64. The van der Waals surface area contributed by atoms with Gasteiger partial charge in [0.15, 0.2) is 0 Å².